The van der Waals surface area contributed by atoms with Crippen LogP contribution in [0.15, 0.2) is 0 Å². The van der Waals surface area contributed by atoms with Gasteiger partial charge in [-0.1, -0.05) is 0 Å². The molecule has 0 aromatic rings. The first kappa shape index (κ1) is 16.2. The van der Waals surface area contributed by atoms with Crippen LogP contribution in [0.5, 0.6) is 0 Å². The van der Waals surface area contributed by atoms with Gasteiger partial charge in [0.05, 0.1) is 17.7 Å². The van der Waals surface area contributed by atoms with E-state index in [1.54, 1.807) is 20.8 Å². The summed E-state index contributed by atoms with van der Waals surface area (Å²) < 4.78 is 0. The third kappa shape index (κ3) is 5.91. The predicted octanol–water partition coefficient (Wildman–Crippen LogP) is 0.832. The number of carbonyl (C=O) groups excluding carboxylic acids is 2. The first-order valence-electron chi connectivity index (χ1n) is 5.75. The van der Waals surface area contributed by atoms with E-state index in [-0.39, 0.29) is 11.6 Å². The van der Waals surface area contributed by atoms with Crippen LogP contribution in [0.25, 0.3) is 0 Å². The summed E-state index contributed by atoms with van der Waals surface area (Å²) in [5, 5.41) is 3.07. The van der Waals surface area contributed by atoms with Crippen LogP contribution >= 0.6 is 0 Å². The van der Waals surface area contributed by atoms with E-state index in [0.29, 0.717) is 13.2 Å². The van der Waals surface area contributed by atoms with Crippen LogP contribution in [0.4, 0.5) is 0 Å². The Morgan fingerprint density at radius 2 is 1.47 bits per heavy atom. The molecule has 0 heterocycles. The van der Waals surface area contributed by atoms with Gasteiger partial charge in [0.25, 0.3) is 0 Å². The highest BCUT2D eigenvalue weighted by Crippen LogP contribution is 2.04. The van der Waals surface area contributed by atoms with E-state index in [9.17, 15) is 9.59 Å². The second-order valence-electron chi connectivity index (χ2n) is 5.24. The van der Waals surface area contributed by atoms with Gasteiger partial charge in [0.1, 0.15) is 5.78 Å². The fourth-order valence-electron chi connectivity index (χ4n) is 0.842. The molecular weight excluding hydrogens is 220 g/mol. The minimum atomic E-state index is -0.684. The van der Waals surface area contributed by atoms with Gasteiger partial charge < -0.3 is 5.32 Å². The SMILES string of the molecule is CC(=O)C(C)(C)NCCONC(C)(C)C(C)=O. The summed E-state index contributed by atoms with van der Waals surface area (Å²) in [5.74, 6) is 0.0871. The Kier molecular flexibility index (Phi) is 5.95. The molecule has 0 aromatic heterocycles. The Bertz CT molecular complexity index is 257. The zero-order chi connectivity index (χ0) is 13.7. The largest absolute Gasteiger partial charge is 0.303 e. The van der Waals surface area contributed by atoms with Crippen molar-refractivity contribution in [1.29, 1.82) is 0 Å². The summed E-state index contributed by atoms with van der Waals surface area (Å²) in [6.07, 6.45) is 0. The van der Waals surface area contributed by atoms with Gasteiger partial charge in [-0.3, -0.25) is 14.4 Å². The van der Waals surface area contributed by atoms with Crippen molar-refractivity contribution in [3.05, 3.63) is 0 Å². The normalized spacial score (nSPS) is 12.6. The Labute approximate surface area is 103 Å². The van der Waals surface area contributed by atoms with Crippen LogP contribution in [-0.4, -0.2) is 35.8 Å². The molecule has 0 saturated heterocycles. The Morgan fingerprint density at radius 3 is 1.88 bits per heavy atom. The van der Waals surface area contributed by atoms with Crippen LogP contribution in [0, 0.1) is 0 Å². The molecule has 17 heavy (non-hydrogen) atoms. The molecule has 0 rings (SSSR count). The van der Waals surface area contributed by atoms with Gasteiger partial charge in [-0.25, -0.2) is 0 Å². The molecule has 0 aliphatic carbocycles. The molecule has 5 heteroatoms. The smallest absolute Gasteiger partial charge is 0.151 e. The van der Waals surface area contributed by atoms with E-state index in [1.807, 2.05) is 13.8 Å². The minimum Gasteiger partial charge on any atom is -0.303 e. The van der Waals surface area contributed by atoms with Crippen molar-refractivity contribution in [3.8, 4) is 0 Å². The van der Waals surface area contributed by atoms with Crippen LogP contribution in [0.1, 0.15) is 41.5 Å². The molecule has 0 bridgehead atoms. The van der Waals surface area contributed by atoms with Crippen LogP contribution < -0.4 is 10.8 Å². The third-order valence-corrected chi connectivity index (χ3v) is 2.86. The molecule has 0 saturated carbocycles. The highest BCUT2D eigenvalue weighted by molar-refractivity contribution is 5.85. The third-order valence-electron chi connectivity index (χ3n) is 2.86. The standard InChI is InChI=1S/C12H24N2O3/c1-9(15)11(3,4)13-7-8-17-14-12(5,6)10(2)16/h13-14H,7-8H2,1-6H3. The van der Waals surface area contributed by atoms with E-state index in [0.717, 1.165) is 0 Å². The fourth-order valence-corrected chi connectivity index (χ4v) is 0.842. The van der Waals surface area contributed by atoms with Crippen molar-refractivity contribution >= 4 is 11.6 Å². The lowest BCUT2D eigenvalue weighted by molar-refractivity contribution is -0.128. The van der Waals surface area contributed by atoms with Crippen LogP contribution in [0.2, 0.25) is 0 Å². The summed E-state index contributed by atoms with van der Waals surface area (Å²) in [6, 6.07) is 0. The van der Waals surface area contributed by atoms with Crippen molar-refractivity contribution in [1.82, 2.24) is 10.8 Å². The fraction of sp³-hybridized carbons (Fsp3) is 0.833. The van der Waals surface area contributed by atoms with E-state index < -0.39 is 11.1 Å². The summed E-state index contributed by atoms with van der Waals surface area (Å²) in [4.78, 5) is 27.6. The number of carbonyl (C=O) groups is 2. The lowest BCUT2D eigenvalue weighted by Gasteiger charge is -2.25. The van der Waals surface area contributed by atoms with E-state index in [2.05, 4.69) is 10.8 Å². The monoisotopic (exact) mass is 244 g/mol. The molecule has 0 aromatic carbocycles. The van der Waals surface area contributed by atoms with Crippen molar-refractivity contribution < 1.29 is 14.4 Å². The number of rotatable bonds is 8. The maximum absolute atomic E-state index is 11.2. The van der Waals surface area contributed by atoms with Gasteiger partial charge in [-0.15, -0.1) is 0 Å². The van der Waals surface area contributed by atoms with Gasteiger partial charge in [0.15, 0.2) is 5.78 Å². The number of hydrogen-bond donors (Lipinski definition) is 2. The Balaban J connectivity index is 3.81. The van der Waals surface area contributed by atoms with Crippen molar-refractivity contribution in [2.45, 2.75) is 52.6 Å². The number of hydrogen-bond acceptors (Lipinski definition) is 5. The Morgan fingerprint density at radius 1 is 1.00 bits per heavy atom. The number of Topliss-reactive ketones (excluding diaryl/α,β-unsaturated/α-hetero) is 2. The maximum Gasteiger partial charge on any atom is 0.151 e. The molecular formula is C12H24N2O3. The van der Waals surface area contributed by atoms with E-state index >= 15 is 0 Å². The first-order valence-corrected chi connectivity index (χ1v) is 5.75. The van der Waals surface area contributed by atoms with Gasteiger partial charge in [-0.2, -0.15) is 5.48 Å². The molecule has 100 valence electrons. The van der Waals surface area contributed by atoms with Gasteiger partial charge in [0, 0.05) is 6.54 Å². The molecule has 0 atom stereocenters. The van der Waals surface area contributed by atoms with Gasteiger partial charge in [0.2, 0.25) is 0 Å². The maximum atomic E-state index is 11.2. The number of ketones is 2. The lowest BCUT2D eigenvalue weighted by atomic mass is 10.0. The summed E-state index contributed by atoms with van der Waals surface area (Å²) in [7, 11) is 0. The molecule has 0 fully saturated rings. The molecule has 0 amide bonds. The summed E-state index contributed by atoms with van der Waals surface area (Å²) in [6.45, 7) is 11.1. The molecule has 0 unspecified atom stereocenters. The Hall–Kier alpha value is -0.780. The van der Waals surface area contributed by atoms with Crippen molar-refractivity contribution in [2.75, 3.05) is 13.2 Å². The van der Waals surface area contributed by atoms with Gasteiger partial charge >= 0.3 is 0 Å². The molecule has 0 aliphatic rings. The highest BCUT2D eigenvalue weighted by atomic mass is 16.6. The van der Waals surface area contributed by atoms with Crippen molar-refractivity contribution in [2.24, 2.45) is 0 Å². The zero-order valence-corrected chi connectivity index (χ0v) is 11.6. The summed E-state index contributed by atoms with van der Waals surface area (Å²) >= 11 is 0. The molecule has 0 radical (unpaired) electrons. The second-order valence-corrected chi connectivity index (χ2v) is 5.24. The molecule has 2 N–H and O–H groups in total. The van der Waals surface area contributed by atoms with E-state index in [1.165, 1.54) is 6.92 Å². The van der Waals surface area contributed by atoms with Gasteiger partial charge in [-0.05, 0) is 41.5 Å². The van der Waals surface area contributed by atoms with Crippen molar-refractivity contribution in [3.63, 3.8) is 0 Å². The van der Waals surface area contributed by atoms with Crippen LogP contribution in [-0.2, 0) is 14.4 Å². The number of hydroxylamine groups is 1. The highest BCUT2D eigenvalue weighted by Gasteiger charge is 2.24. The number of nitrogens with one attached hydrogen (secondary N) is 2. The van der Waals surface area contributed by atoms with E-state index in [4.69, 9.17) is 4.84 Å². The second kappa shape index (κ2) is 6.23. The predicted molar refractivity (Wildman–Crippen MR) is 66.6 cm³/mol. The summed E-state index contributed by atoms with van der Waals surface area (Å²) in [5.41, 5.74) is 1.47. The van der Waals surface area contributed by atoms with Crippen LogP contribution in [0.3, 0.4) is 0 Å². The molecule has 0 aliphatic heterocycles. The first-order chi connectivity index (χ1) is 7.59. The average molecular weight is 244 g/mol. The molecule has 0 spiro atoms. The molecule has 5 nitrogen and oxygen atoms in total. The average Bonchev–Trinajstić information content (AvgIpc) is 2.16. The lowest BCUT2D eigenvalue weighted by Crippen LogP contribution is -2.49. The topological polar surface area (TPSA) is 67.4 Å². The zero-order valence-electron chi connectivity index (χ0n) is 11.6. The quantitative estimate of drug-likeness (QED) is 0.489. The minimum absolute atomic E-state index is 0.00882.